The molecule has 13 heavy (non-hydrogen) atoms. The van der Waals surface area contributed by atoms with Gasteiger partial charge in [0.1, 0.15) is 0 Å². The Kier molecular flexibility index (Phi) is 1.90. The molecule has 1 aromatic rings. The summed E-state index contributed by atoms with van der Waals surface area (Å²) in [5, 5.41) is 9.80. The highest BCUT2D eigenvalue weighted by Gasteiger charge is 2.27. The molecule has 0 aliphatic carbocycles. The fourth-order valence-electron chi connectivity index (χ4n) is 1.37. The number of rotatable bonds is 1. The highest BCUT2D eigenvalue weighted by Crippen LogP contribution is 2.17. The zero-order chi connectivity index (χ0) is 9.26. The standard InChI is InChI=1S/C9H10N2O2/c12-9-10(6-7-11(9)13)8-4-2-1-3-5-8/h1-5,13H,6-7H2. The number of amides is 2. The average molecular weight is 178 g/mol. The van der Waals surface area contributed by atoms with Crippen LogP contribution in [0.3, 0.4) is 0 Å². The van der Waals surface area contributed by atoms with E-state index >= 15 is 0 Å². The van der Waals surface area contributed by atoms with Crippen molar-refractivity contribution < 1.29 is 10.0 Å². The van der Waals surface area contributed by atoms with E-state index in [2.05, 4.69) is 0 Å². The summed E-state index contributed by atoms with van der Waals surface area (Å²) in [5.41, 5.74) is 0.823. The van der Waals surface area contributed by atoms with Crippen molar-refractivity contribution in [3.63, 3.8) is 0 Å². The molecule has 0 unspecified atom stereocenters. The van der Waals surface area contributed by atoms with Crippen LogP contribution in [0, 0.1) is 0 Å². The minimum absolute atomic E-state index is 0.355. The Bertz CT molecular complexity index is 313. The quantitative estimate of drug-likeness (QED) is 0.659. The minimum Gasteiger partial charge on any atom is -0.291 e. The third-order valence-electron chi connectivity index (χ3n) is 2.05. The lowest BCUT2D eigenvalue weighted by molar-refractivity contribution is -0.0231. The fourth-order valence-corrected chi connectivity index (χ4v) is 1.37. The molecule has 0 atom stereocenters. The van der Waals surface area contributed by atoms with Crippen LogP contribution in [0.2, 0.25) is 0 Å². The van der Waals surface area contributed by atoms with Crippen LogP contribution >= 0.6 is 0 Å². The van der Waals surface area contributed by atoms with Crippen molar-refractivity contribution in [2.45, 2.75) is 0 Å². The van der Waals surface area contributed by atoms with E-state index < -0.39 is 0 Å². The molecule has 4 nitrogen and oxygen atoms in total. The van der Waals surface area contributed by atoms with Crippen LogP contribution in [0.5, 0.6) is 0 Å². The Balaban J connectivity index is 2.24. The lowest BCUT2D eigenvalue weighted by Gasteiger charge is -2.14. The highest BCUT2D eigenvalue weighted by atomic mass is 16.5. The van der Waals surface area contributed by atoms with Gasteiger partial charge in [0.05, 0.1) is 6.54 Å². The molecule has 1 heterocycles. The van der Waals surface area contributed by atoms with Crippen LogP contribution in [-0.4, -0.2) is 29.4 Å². The van der Waals surface area contributed by atoms with Crippen molar-refractivity contribution >= 4 is 11.7 Å². The topological polar surface area (TPSA) is 43.8 Å². The molecule has 1 aliphatic rings. The summed E-state index contributed by atoms with van der Waals surface area (Å²) in [5.74, 6) is 0. The first-order chi connectivity index (χ1) is 6.29. The largest absolute Gasteiger partial charge is 0.348 e. The average Bonchev–Trinajstić information content (AvgIpc) is 2.49. The van der Waals surface area contributed by atoms with E-state index in [9.17, 15) is 4.79 Å². The van der Waals surface area contributed by atoms with Crippen LogP contribution in [0.4, 0.5) is 10.5 Å². The van der Waals surface area contributed by atoms with Gasteiger partial charge >= 0.3 is 6.03 Å². The summed E-state index contributed by atoms with van der Waals surface area (Å²) in [7, 11) is 0. The molecule has 4 heteroatoms. The van der Waals surface area contributed by atoms with E-state index in [1.165, 1.54) is 0 Å². The number of nitrogens with zero attached hydrogens (tertiary/aromatic N) is 2. The van der Waals surface area contributed by atoms with Gasteiger partial charge in [-0.3, -0.25) is 10.1 Å². The molecule has 0 radical (unpaired) electrons. The van der Waals surface area contributed by atoms with Crippen LogP contribution < -0.4 is 4.90 Å². The molecule has 1 N–H and O–H groups in total. The Morgan fingerprint density at radius 3 is 2.38 bits per heavy atom. The summed E-state index contributed by atoms with van der Waals surface area (Å²) >= 11 is 0. The fraction of sp³-hybridized carbons (Fsp3) is 0.222. The molecule has 1 saturated heterocycles. The number of anilines is 1. The van der Waals surface area contributed by atoms with Gasteiger partial charge in [0.2, 0.25) is 0 Å². The summed E-state index contributed by atoms with van der Waals surface area (Å²) in [6, 6.07) is 8.95. The second kappa shape index (κ2) is 3.06. The van der Waals surface area contributed by atoms with Gasteiger partial charge in [-0.1, -0.05) is 18.2 Å². The molecule has 68 valence electrons. The van der Waals surface area contributed by atoms with Gasteiger partial charge in [-0.05, 0) is 12.1 Å². The molecular formula is C9H10N2O2. The van der Waals surface area contributed by atoms with E-state index in [-0.39, 0.29) is 6.03 Å². The van der Waals surface area contributed by atoms with E-state index in [0.717, 1.165) is 10.8 Å². The molecule has 0 saturated carbocycles. The third-order valence-corrected chi connectivity index (χ3v) is 2.05. The van der Waals surface area contributed by atoms with Gasteiger partial charge in [-0.25, -0.2) is 9.86 Å². The number of benzene rings is 1. The predicted octanol–water partition coefficient (Wildman–Crippen LogP) is 1.32. The number of hydroxylamine groups is 2. The van der Waals surface area contributed by atoms with Crippen LogP contribution in [0.15, 0.2) is 30.3 Å². The molecule has 0 bridgehead atoms. The SMILES string of the molecule is O=C1N(O)CCN1c1ccccc1. The zero-order valence-corrected chi connectivity index (χ0v) is 7.05. The van der Waals surface area contributed by atoms with Gasteiger partial charge < -0.3 is 0 Å². The normalized spacial score (nSPS) is 16.8. The van der Waals surface area contributed by atoms with E-state index in [4.69, 9.17) is 5.21 Å². The van der Waals surface area contributed by atoms with Crippen molar-refractivity contribution in [2.24, 2.45) is 0 Å². The molecule has 1 aromatic carbocycles. The van der Waals surface area contributed by atoms with E-state index in [1.807, 2.05) is 30.3 Å². The lowest BCUT2D eigenvalue weighted by Crippen LogP contribution is -2.29. The maximum absolute atomic E-state index is 11.3. The second-order valence-electron chi connectivity index (χ2n) is 2.89. The number of urea groups is 1. The van der Waals surface area contributed by atoms with Crippen LogP contribution in [0.1, 0.15) is 0 Å². The highest BCUT2D eigenvalue weighted by molar-refractivity contribution is 5.93. The van der Waals surface area contributed by atoms with E-state index in [1.54, 1.807) is 4.90 Å². The molecular weight excluding hydrogens is 168 g/mol. The van der Waals surface area contributed by atoms with Crippen molar-refractivity contribution in [1.82, 2.24) is 5.06 Å². The first-order valence-corrected chi connectivity index (χ1v) is 4.12. The van der Waals surface area contributed by atoms with Crippen molar-refractivity contribution in [3.05, 3.63) is 30.3 Å². The van der Waals surface area contributed by atoms with Crippen molar-refractivity contribution in [1.29, 1.82) is 0 Å². The second-order valence-corrected chi connectivity index (χ2v) is 2.89. The first-order valence-electron chi connectivity index (χ1n) is 4.12. The summed E-state index contributed by atoms with van der Waals surface area (Å²) in [6.45, 7) is 0.910. The Labute approximate surface area is 75.9 Å². The molecule has 2 amide bonds. The number of para-hydroxylation sites is 1. The minimum atomic E-state index is -0.355. The molecule has 0 aromatic heterocycles. The maximum Gasteiger partial charge on any atom is 0.348 e. The summed E-state index contributed by atoms with van der Waals surface area (Å²) in [6.07, 6.45) is 0. The third kappa shape index (κ3) is 1.36. The number of hydrogen-bond acceptors (Lipinski definition) is 2. The Morgan fingerprint density at radius 1 is 1.15 bits per heavy atom. The van der Waals surface area contributed by atoms with Crippen LogP contribution in [-0.2, 0) is 0 Å². The monoisotopic (exact) mass is 178 g/mol. The number of carbonyl (C=O) groups is 1. The Morgan fingerprint density at radius 2 is 1.85 bits per heavy atom. The summed E-state index contributed by atoms with van der Waals surface area (Å²) < 4.78 is 0. The Hall–Kier alpha value is -1.55. The van der Waals surface area contributed by atoms with Gasteiger partial charge in [-0.15, -0.1) is 0 Å². The smallest absolute Gasteiger partial charge is 0.291 e. The lowest BCUT2D eigenvalue weighted by atomic mass is 10.3. The van der Waals surface area contributed by atoms with Gasteiger partial charge in [0.25, 0.3) is 0 Å². The first kappa shape index (κ1) is 8.07. The molecule has 1 fully saturated rings. The molecule has 1 aliphatic heterocycles. The molecule has 0 spiro atoms. The van der Waals surface area contributed by atoms with E-state index in [0.29, 0.717) is 13.1 Å². The zero-order valence-electron chi connectivity index (χ0n) is 7.05. The van der Waals surface area contributed by atoms with Gasteiger partial charge in [0, 0.05) is 12.2 Å². The number of hydrogen-bond donors (Lipinski definition) is 1. The van der Waals surface area contributed by atoms with Crippen molar-refractivity contribution in [2.75, 3.05) is 18.0 Å². The van der Waals surface area contributed by atoms with Gasteiger partial charge in [-0.2, -0.15) is 0 Å². The number of carbonyl (C=O) groups excluding carboxylic acids is 1. The van der Waals surface area contributed by atoms with Crippen molar-refractivity contribution in [3.8, 4) is 0 Å². The summed E-state index contributed by atoms with van der Waals surface area (Å²) in [4.78, 5) is 12.8. The molecule has 2 rings (SSSR count). The van der Waals surface area contributed by atoms with Crippen LogP contribution in [0.25, 0.3) is 0 Å². The van der Waals surface area contributed by atoms with Gasteiger partial charge in [0.15, 0.2) is 0 Å². The maximum atomic E-state index is 11.3. The predicted molar refractivity (Wildman–Crippen MR) is 47.7 cm³/mol.